The Kier molecular flexibility index (Phi) is 13.2. The van der Waals surface area contributed by atoms with Crippen LogP contribution in [-0.2, 0) is 37.8 Å². The molecule has 1 saturated heterocycles. The van der Waals surface area contributed by atoms with E-state index in [0.29, 0.717) is 53.4 Å². The molecule has 1 aliphatic heterocycles. The molecule has 0 bridgehead atoms. The van der Waals surface area contributed by atoms with Crippen LogP contribution in [0.1, 0.15) is 48.2 Å². The average molecular weight is 843 g/mol. The van der Waals surface area contributed by atoms with E-state index >= 15 is 8.78 Å². The molecule has 0 radical (unpaired) electrons. The Balaban J connectivity index is 1.15. The van der Waals surface area contributed by atoms with Crippen molar-refractivity contribution in [2.45, 2.75) is 44.0 Å². The van der Waals surface area contributed by atoms with Crippen molar-refractivity contribution in [3.8, 4) is 5.82 Å². The second-order valence-corrected chi connectivity index (χ2v) is 15.4. The number of rotatable bonds is 13. The molecule has 0 saturated carbocycles. The fourth-order valence-electron chi connectivity index (χ4n) is 6.44. The molecule has 5 aromatic rings. The Morgan fingerprint density at radius 1 is 1.07 bits per heavy atom. The molecule has 1 fully saturated rings. The monoisotopic (exact) mass is 842 g/mol. The van der Waals surface area contributed by atoms with E-state index in [-0.39, 0.29) is 35.0 Å². The molecule has 0 unspecified atom stereocenters. The maximum absolute atomic E-state index is 15.4. The first-order valence-electron chi connectivity index (χ1n) is 18.6. The number of amidine groups is 1. The predicted molar refractivity (Wildman–Crippen MR) is 220 cm³/mol. The molecule has 312 valence electrons. The fourth-order valence-corrected chi connectivity index (χ4v) is 7.50. The number of anilines is 1. The second-order valence-electron chi connectivity index (χ2n) is 13.7. The number of ether oxygens (including phenoxy) is 2. The summed E-state index contributed by atoms with van der Waals surface area (Å²) in [7, 11) is -2.95. The average Bonchev–Trinajstić information content (AvgIpc) is 3.25. The van der Waals surface area contributed by atoms with Crippen LogP contribution in [0.15, 0.2) is 104 Å². The van der Waals surface area contributed by atoms with Gasteiger partial charge < -0.3 is 14.8 Å². The molecule has 6 rings (SSSR count). The number of fused-ring (bicyclic) bond motifs is 1. The van der Waals surface area contributed by atoms with Gasteiger partial charge in [0.2, 0.25) is 0 Å². The smallest absolute Gasteiger partial charge is 0.337 e. The van der Waals surface area contributed by atoms with Crippen LogP contribution >= 0.6 is 0 Å². The summed E-state index contributed by atoms with van der Waals surface area (Å²) in [4.78, 5) is 68.9. The maximum atomic E-state index is 15.4. The number of hydrogen-bond acceptors (Lipinski definition) is 11. The molecule has 0 spiro atoms. The van der Waals surface area contributed by atoms with Gasteiger partial charge in [-0.05, 0) is 80.4 Å². The SMILES string of the molecule is C=N/C(=N\C=C(/C)c1ccc(S(=O)(=O)Nc2cc(F)c(C(=O)N[C@@H](Cc3ccc(-n4c(=O)c5ccncc5n(C)c4=O)nc3)C(=O)OCC)cc2F)cc1)C1CCOCC1. The van der Waals surface area contributed by atoms with E-state index in [0.717, 1.165) is 17.4 Å². The van der Waals surface area contributed by atoms with Crippen molar-refractivity contribution in [3.63, 3.8) is 0 Å². The lowest BCUT2D eigenvalue weighted by Gasteiger charge is -2.20. The Bertz CT molecular complexity index is 2750. The molecule has 1 aliphatic rings. The van der Waals surface area contributed by atoms with E-state index in [4.69, 9.17) is 9.47 Å². The number of carbonyl (C=O) groups is 2. The number of sulfonamides is 1. The highest BCUT2D eigenvalue weighted by Crippen LogP contribution is 2.25. The standard InChI is InChI=1S/C41H40F2N8O8S/c1-5-59-40(54)34(18-25-6-11-36(46-22-25)51-39(53)29-12-15-45-23-35(29)50(4)41(51)55)48-38(52)30-19-32(43)33(20-31(30)42)49-60(56,57)28-9-7-26(8-10-28)24(2)21-47-37(44-3)27-13-16-58-17-14-27/h6-12,15,19-23,27,34,49H,3,5,13-14,16-18H2,1-2,4H3,(H,48,52)/b24-21+,47-37-/t34-/m0/s1. The summed E-state index contributed by atoms with van der Waals surface area (Å²) < 4.78 is 71.8. The maximum Gasteiger partial charge on any atom is 0.337 e. The number of carbonyl (C=O) groups excluding carboxylic acids is 2. The predicted octanol–water partition coefficient (Wildman–Crippen LogP) is 4.35. The second kappa shape index (κ2) is 18.5. The minimum Gasteiger partial charge on any atom is -0.464 e. The number of amides is 1. The minimum absolute atomic E-state index is 0.0138. The Hall–Kier alpha value is -6.73. The summed E-state index contributed by atoms with van der Waals surface area (Å²) >= 11 is 0. The van der Waals surface area contributed by atoms with Crippen molar-refractivity contribution < 1.29 is 36.3 Å². The summed E-state index contributed by atoms with van der Waals surface area (Å²) in [6.45, 7) is 8.10. The molecule has 1 amide bonds. The minimum atomic E-state index is -4.43. The fraction of sp³-hybridized carbons (Fsp3) is 0.268. The van der Waals surface area contributed by atoms with E-state index in [2.05, 4.69) is 32.0 Å². The van der Waals surface area contributed by atoms with Crippen LogP contribution in [0.5, 0.6) is 0 Å². The molecule has 0 aliphatic carbocycles. The molecular formula is C41H40F2N8O8S. The number of hydrogen-bond donors (Lipinski definition) is 2. The molecule has 60 heavy (non-hydrogen) atoms. The van der Waals surface area contributed by atoms with Crippen LogP contribution in [0.2, 0.25) is 0 Å². The van der Waals surface area contributed by atoms with Crippen molar-refractivity contribution in [1.29, 1.82) is 0 Å². The number of nitrogens with one attached hydrogen (secondary N) is 2. The number of aromatic nitrogens is 4. The third-order valence-corrected chi connectivity index (χ3v) is 11.1. The van der Waals surface area contributed by atoms with E-state index in [1.54, 1.807) is 13.1 Å². The first-order chi connectivity index (χ1) is 28.7. The Morgan fingerprint density at radius 3 is 2.47 bits per heavy atom. The zero-order chi connectivity index (χ0) is 43.1. The Labute approximate surface area is 342 Å². The number of aliphatic imine (C=N–C) groups is 2. The van der Waals surface area contributed by atoms with Crippen LogP contribution in [0.3, 0.4) is 0 Å². The largest absolute Gasteiger partial charge is 0.464 e. The highest BCUT2D eigenvalue weighted by Gasteiger charge is 2.27. The molecular weight excluding hydrogens is 803 g/mol. The van der Waals surface area contributed by atoms with Gasteiger partial charge in [-0.2, -0.15) is 0 Å². The third kappa shape index (κ3) is 9.42. The normalized spacial score (nSPS) is 14.4. The summed E-state index contributed by atoms with van der Waals surface area (Å²) in [6, 6.07) is 9.57. The highest BCUT2D eigenvalue weighted by atomic mass is 32.2. The molecule has 4 heterocycles. The number of esters is 1. The first-order valence-corrected chi connectivity index (χ1v) is 20.1. The summed E-state index contributed by atoms with van der Waals surface area (Å²) in [5, 5.41) is 2.57. The van der Waals surface area contributed by atoms with E-state index in [1.807, 2.05) is 4.72 Å². The number of aryl methyl sites for hydroxylation is 1. The number of halogens is 2. The van der Waals surface area contributed by atoms with Gasteiger partial charge in [0, 0.05) is 57.3 Å². The van der Waals surface area contributed by atoms with E-state index in [9.17, 15) is 27.6 Å². The number of benzene rings is 2. The van der Waals surface area contributed by atoms with Gasteiger partial charge in [0.25, 0.3) is 21.5 Å². The van der Waals surface area contributed by atoms with Crippen molar-refractivity contribution in [2.24, 2.45) is 23.0 Å². The van der Waals surface area contributed by atoms with E-state index in [1.165, 1.54) is 79.6 Å². The zero-order valence-electron chi connectivity index (χ0n) is 32.7. The molecule has 3 aromatic heterocycles. The van der Waals surface area contributed by atoms with Crippen LogP contribution in [-0.4, -0.2) is 77.8 Å². The Morgan fingerprint density at radius 2 is 1.80 bits per heavy atom. The third-order valence-electron chi connectivity index (χ3n) is 9.73. The summed E-state index contributed by atoms with van der Waals surface area (Å²) in [5.74, 6) is -3.96. The molecule has 19 heteroatoms. The molecule has 16 nitrogen and oxygen atoms in total. The van der Waals surface area contributed by atoms with Gasteiger partial charge in [0.15, 0.2) is 0 Å². The van der Waals surface area contributed by atoms with Crippen LogP contribution in [0, 0.1) is 17.6 Å². The molecule has 2 N–H and O–H groups in total. The number of pyridine rings is 2. The van der Waals surface area contributed by atoms with Crippen molar-refractivity contribution >= 4 is 56.6 Å². The number of nitrogens with zero attached hydrogens (tertiary/aromatic N) is 6. The van der Waals surface area contributed by atoms with Gasteiger partial charge in [0.05, 0.1) is 39.9 Å². The quantitative estimate of drug-likeness (QED) is 0.0974. The van der Waals surface area contributed by atoms with Gasteiger partial charge in [-0.1, -0.05) is 18.2 Å². The molecule has 2 aromatic carbocycles. The lowest BCUT2D eigenvalue weighted by atomic mass is 9.99. The molecule has 1 atom stereocenters. The first kappa shape index (κ1) is 42.9. The van der Waals surface area contributed by atoms with E-state index < -0.39 is 62.1 Å². The van der Waals surface area contributed by atoms with Crippen LogP contribution < -0.4 is 21.3 Å². The van der Waals surface area contributed by atoms with Gasteiger partial charge >= 0.3 is 11.7 Å². The number of allylic oxidation sites excluding steroid dienone is 1. The van der Waals surface area contributed by atoms with Crippen molar-refractivity contribution in [3.05, 3.63) is 129 Å². The lowest BCUT2D eigenvalue weighted by Crippen LogP contribution is -2.43. The van der Waals surface area contributed by atoms with Crippen molar-refractivity contribution in [1.82, 2.24) is 24.4 Å². The van der Waals surface area contributed by atoms with Gasteiger partial charge in [0.1, 0.15) is 29.3 Å². The van der Waals surface area contributed by atoms with Gasteiger partial charge in [-0.15, -0.1) is 0 Å². The summed E-state index contributed by atoms with van der Waals surface area (Å²) in [5.41, 5.74) is -0.839. The highest BCUT2D eigenvalue weighted by molar-refractivity contribution is 7.92. The van der Waals surface area contributed by atoms with Crippen molar-refractivity contribution in [2.75, 3.05) is 24.5 Å². The van der Waals surface area contributed by atoms with Gasteiger partial charge in [-0.3, -0.25) is 23.9 Å². The van der Waals surface area contributed by atoms with Crippen LogP contribution in [0.25, 0.3) is 22.3 Å². The van der Waals surface area contributed by atoms with Crippen LogP contribution in [0.4, 0.5) is 14.5 Å². The lowest BCUT2D eigenvalue weighted by molar-refractivity contribution is -0.145. The van der Waals surface area contributed by atoms with Gasteiger partial charge in [-0.25, -0.2) is 46.3 Å². The topological polar surface area (TPSA) is 205 Å². The zero-order valence-corrected chi connectivity index (χ0v) is 33.5. The summed E-state index contributed by atoms with van der Waals surface area (Å²) in [6.07, 6.45) is 7.02.